The number of aliphatic hydroxyl groups excluding tert-OH is 1. The van der Waals surface area contributed by atoms with Crippen molar-refractivity contribution < 1.29 is 9.90 Å². The van der Waals surface area contributed by atoms with Crippen LogP contribution in [-0.2, 0) is 4.79 Å². The molecule has 2 rings (SSSR count). The number of rotatable bonds is 3. The van der Waals surface area contributed by atoms with E-state index in [-0.39, 0.29) is 18.6 Å². The lowest BCUT2D eigenvalue weighted by Gasteiger charge is -2.21. The maximum Gasteiger partial charge on any atom is 0.246 e. The van der Waals surface area contributed by atoms with Gasteiger partial charge in [-0.25, -0.2) is 0 Å². The van der Waals surface area contributed by atoms with Crippen molar-refractivity contribution in [3.63, 3.8) is 0 Å². The van der Waals surface area contributed by atoms with Gasteiger partial charge in [0.1, 0.15) is 0 Å². The van der Waals surface area contributed by atoms with E-state index in [0.29, 0.717) is 0 Å². The van der Waals surface area contributed by atoms with Crippen LogP contribution >= 0.6 is 11.3 Å². The highest BCUT2D eigenvalue weighted by Crippen LogP contribution is 2.18. The molecule has 1 N–H and O–H groups in total. The smallest absolute Gasteiger partial charge is 0.246 e. The van der Waals surface area contributed by atoms with E-state index in [9.17, 15) is 4.79 Å². The van der Waals surface area contributed by atoms with Gasteiger partial charge in [0.15, 0.2) is 0 Å². The van der Waals surface area contributed by atoms with Gasteiger partial charge in [0.25, 0.3) is 0 Å². The molecule has 4 heteroatoms. The number of likely N-dealkylation sites (tertiary alicyclic amines) is 1. The van der Waals surface area contributed by atoms with E-state index in [4.69, 9.17) is 5.11 Å². The summed E-state index contributed by atoms with van der Waals surface area (Å²) in [4.78, 5) is 14.7. The molecule has 1 aromatic rings. The van der Waals surface area contributed by atoms with Crippen molar-refractivity contribution in [3.8, 4) is 0 Å². The monoisotopic (exact) mass is 237 g/mol. The Morgan fingerprint density at radius 2 is 2.56 bits per heavy atom. The Balaban J connectivity index is 1.97. The van der Waals surface area contributed by atoms with Crippen molar-refractivity contribution in [2.24, 2.45) is 0 Å². The van der Waals surface area contributed by atoms with Crippen LogP contribution in [0.25, 0.3) is 6.08 Å². The fourth-order valence-corrected chi connectivity index (χ4v) is 2.57. The lowest BCUT2D eigenvalue weighted by atomic mass is 10.2. The highest BCUT2D eigenvalue weighted by Gasteiger charge is 2.26. The van der Waals surface area contributed by atoms with E-state index in [2.05, 4.69) is 0 Å². The highest BCUT2D eigenvalue weighted by atomic mass is 32.1. The summed E-state index contributed by atoms with van der Waals surface area (Å²) in [5.41, 5.74) is 0. The minimum absolute atomic E-state index is 0.00458. The van der Waals surface area contributed by atoms with Crippen LogP contribution in [0.3, 0.4) is 0 Å². The van der Waals surface area contributed by atoms with Gasteiger partial charge < -0.3 is 10.0 Å². The zero-order valence-corrected chi connectivity index (χ0v) is 9.82. The molecule has 0 unspecified atom stereocenters. The third-order valence-electron chi connectivity index (χ3n) is 2.80. The SMILES string of the molecule is O=C(C=Cc1cccs1)N1CCC[C@H]1CO. The first-order chi connectivity index (χ1) is 7.81. The molecule has 0 aromatic carbocycles. The number of hydrogen-bond acceptors (Lipinski definition) is 3. The van der Waals surface area contributed by atoms with Gasteiger partial charge in [0.2, 0.25) is 5.91 Å². The highest BCUT2D eigenvalue weighted by molar-refractivity contribution is 7.10. The number of carbonyl (C=O) groups excluding carboxylic acids is 1. The van der Waals surface area contributed by atoms with Crippen LogP contribution in [0.4, 0.5) is 0 Å². The molecular weight excluding hydrogens is 222 g/mol. The Bertz CT molecular complexity index is 372. The molecule has 86 valence electrons. The maximum atomic E-state index is 11.8. The molecule has 0 radical (unpaired) electrons. The number of aliphatic hydroxyl groups is 1. The van der Waals surface area contributed by atoms with Crippen molar-refractivity contribution in [1.29, 1.82) is 0 Å². The van der Waals surface area contributed by atoms with E-state index >= 15 is 0 Å². The molecule has 0 spiro atoms. The van der Waals surface area contributed by atoms with Crippen LogP contribution in [0.5, 0.6) is 0 Å². The fourth-order valence-electron chi connectivity index (χ4n) is 1.95. The van der Waals surface area contributed by atoms with Gasteiger partial charge in [-0.1, -0.05) is 6.07 Å². The average Bonchev–Trinajstić information content (AvgIpc) is 2.96. The Morgan fingerprint density at radius 3 is 3.25 bits per heavy atom. The predicted molar refractivity (Wildman–Crippen MR) is 65.2 cm³/mol. The summed E-state index contributed by atoms with van der Waals surface area (Å²) < 4.78 is 0. The molecule has 0 aliphatic carbocycles. The number of amides is 1. The zero-order chi connectivity index (χ0) is 11.4. The molecule has 1 atom stereocenters. The van der Waals surface area contributed by atoms with Crippen LogP contribution < -0.4 is 0 Å². The van der Waals surface area contributed by atoms with Crippen LogP contribution in [0, 0.1) is 0 Å². The third-order valence-corrected chi connectivity index (χ3v) is 3.64. The van der Waals surface area contributed by atoms with E-state index in [1.54, 1.807) is 22.3 Å². The lowest BCUT2D eigenvalue weighted by Crippen LogP contribution is -2.36. The molecule has 1 saturated heterocycles. The number of thiophene rings is 1. The van der Waals surface area contributed by atoms with Crippen LogP contribution in [0.2, 0.25) is 0 Å². The van der Waals surface area contributed by atoms with Gasteiger partial charge >= 0.3 is 0 Å². The van der Waals surface area contributed by atoms with E-state index in [1.165, 1.54) is 0 Å². The summed E-state index contributed by atoms with van der Waals surface area (Å²) in [5.74, 6) is 0.00458. The van der Waals surface area contributed by atoms with Gasteiger partial charge in [-0.15, -0.1) is 11.3 Å². The number of nitrogens with zero attached hydrogens (tertiary/aromatic N) is 1. The van der Waals surface area contributed by atoms with Crippen molar-refractivity contribution in [1.82, 2.24) is 4.90 Å². The van der Waals surface area contributed by atoms with E-state index in [1.807, 2.05) is 23.6 Å². The van der Waals surface area contributed by atoms with Crippen molar-refractivity contribution >= 4 is 23.3 Å². The first kappa shape index (κ1) is 11.4. The molecule has 1 fully saturated rings. The van der Waals surface area contributed by atoms with E-state index in [0.717, 1.165) is 24.3 Å². The fraction of sp³-hybridized carbons (Fsp3) is 0.417. The largest absolute Gasteiger partial charge is 0.394 e. The molecule has 16 heavy (non-hydrogen) atoms. The molecule has 2 heterocycles. The summed E-state index contributed by atoms with van der Waals surface area (Å²) >= 11 is 1.61. The molecule has 0 bridgehead atoms. The summed E-state index contributed by atoms with van der Waals surface area (Å²) in [6, 6.07) is 3.95. The quantitative estimate of drug-likeness (QED) is 0.814. The van der Waals surface area contributed by atoms with Crippen LogP contribution in [0.15, 0.2) is 23.6 Å². The van der Waals surface area contributed by atoms with Gasteiger partial charge in [0.05, 0.1) is 12.6 Å². The molecule has 1 aliphatic rings. The first-order valence-corrected chi connectivity index (χ1v) is 6.32. The number of hydrogen-bond donors (Lipinski definition) is 1. The second-order valence-corrected chi connectivity index (χ2v) is 4.84. The number of carbonyl (C=O) groups is 1. The predicted octanol–water partition coefficient (Wildman–Crippen LogP) is 1.74. The topological polar surface area (TPSA) is 40.5 Å². The average molecular weight is 237 g/mol. The Labute approximate surface area is 99.0 Å². The maximum absolute atomic E-state index is 11.8. The third kappa shape index (κ3) is 2.51. The molecular formula is C12H15NO2S. The normalized spacial score (nSPS) is 20.8. The van der Waals surface area contributed by atoms with Crippen molar-refractivity contribution in [2.75, 3.05) is 13.2 Å². The van der Waals surface area contributed by atoms with Gasteiger partial charge in [-0.3, -0.25) is 4.79 Å². The standard InChI is InChI=1S/C12H15NO2S/c14-9-10-3-1-7-13(10)12(15)6-5-11-4-2-8-16-11/h2,4-6,8,10,14H,1,3,7,9H2/t10-/m0/s1. The zero-order valence-electron chi connectivity index (χ0n) is 9.00. The van der Waals surface area contributed by atoms with Gasteiger partial charge in [-0.2, -0.15) is 0 Å². The van der Waals surface area contributed by atoms with Gasteiger partial charge in [-0.05, 0) is 30.4 Å². The van der Waals surface area contributed by atoms with Crippen LogP contribution in [-0.4, -0.2) is 35.1 Å². The Hall–Kier alpha value is -1.13. The lowest BCUT2D eigenvalue weighted by molar-refractivity contribution is -0.127. The minimum atomic E-state index is 0.00458. The van der Waals surface area contributed by atoms with Crippen molar-refractivity contribution in [2.45, 2.75) is 18.9 Å². The summed E-state index contributed by atoms with van der Waals surface area (Å²) in [6.07, 6.45) is 5.33. The van der Waals surface area contributed by atoms with Crippen molar-refractivity contribution in [3.05, 3.63) is 28.5 Å². The van der Waals surface area contributed by atoms with Gasteiger partial charge in [0, 0.05) is 17.5 Å². The minimum Gasteiger partial charge on any atom is -0.394 e. The molecule has 1 aliphatic heterocycles. The summed E-state index contributed by atoms with van der Waals surface area (Å²) in [6.45, 7) is 0.831. The summed E-state index contributed by atoms with van der Waals surface area (Å²) in [5, 5.41) is 11.1. The van der Waals surface area contributed by atoms with E-state index < -0.39 is 0 Å². The summed E-state index contributed by atoms with van der Waals surface area (Å²) in [7, 11) is 0. The molecule has 0 saturated carbocycles. The molecule has 1 amide bonds. The molecule has 1 aromatic heterocycles. The van der Waals surface area contributed by atoms with Crippen LogP contribution in [0.1, 0.15) is 17.7 Å². The Kier molecular flexibility index (Phi) is 3.74. The molecule has 3 nitrogen and oxygen atoms in total. The first-order valence-electron chi connectivity index (χ1n) is 5.44. The second-order valence-electron chi connectivity index (χ2n) is 3.86. The Morgan fingerprint density at radius 1 is 1.69 bits per heavy atom. The second kappa shape index (κ2) is 5.27.